The lowest BCUT2D eigenvalue weighted by atomic mass is 10.1. The van der Waals surface area contributed by atoms with Gasteiger partial charge in [-0.2, -0.15) is 0 Å². The van der Waals surface area contributed by atoms with Crippen LogP contribution < -0.4 is 4.90 Å². The van der Waals surface area contributed by atoms with Crippen LogP contribution in [0.4, 0.5) is 11.4 Å². The number of carbonyl (C=O) groups excluding carboxylic acids is 1. The summed E-state index contributed by atoms with van der Waals surface area (Å²) < 4.78 is 5.57. The van der Waals surface area contributed by atoms with Gasteiger partial charge in [0.2, 0.25) is 0 Å². The number of non-ortho nitro benzene ring substituents is 1. The number of nitro groups is 1. The SMILES string of the molecule is Cc1oc(C)c(C(=O)N2CCN(c3ccc([N+](=O)[O-])cc3)CC2)c1C. The van der Waals surface area contributed by atoms with Crippen molar-refractivity contribution >= 4 is 17.3 Å². The Morgan fingerprint density at radius 1 is 1.04 bits per heavy atom. The van der Waals surface area contributed by atoms with Gasteiger partial charge in [-0.15, -0.1) is 0 Å². The summed E-state index contributed by atoms with van der Waals surface area (Å²) in [5.41, 5.74) is 2.59. The summed E-state index contributed by atoms with van der Waals surface area (Å²) in [6.45, 7) is 8.20. The van der Waals surface area contributed by atoms with E-state index in [1.54, 1.807) is 12.1 Å². The first-order chi connectivity index (χ1) is 11.9. The number of carbonyl (C=O) groups is 1. The predicted molar refractivity (Wildman–Crippen MR) is 94.1 cm³/mol. The van der Waals surface area contributed by atoms with Gasteiger partial charge in [-0.1, -0.05) is 0 Å². The minimum Gasteiger partial charge on any atom is -0.466 e. The molecule has 2 heterocycles. The van der Waals surface area contributed by atoms with E-state index in [2.05, 4.69) is 4.90 Å². The number of aryl methyl sites for hydroxylation is 2. The van der Waals surface area contributed by atoms with E-state index < -0.39 is 4.92 Å². The Balaban J connectivity index is 1.67. The van der Waals surface area contributed by atoms with E-state index in [-0.39, 0.29) is 11.6 Å². The predicted octanol–water partition coefficient (Wildman–Crippen LogP) is 3.08. The fourth-order valence-corrected chi connectivity index (χ4v) is 3.22. The van der Waals surface area contributed by atoms with Gasteiger partial charge < -0.3 is 14.2 Å². The smallest absolute Gasteiger partial charge is 0.269 e. The number of hydrogen-bond acceptors (Lipinski definition) is 5. The number of rotatable bonds is 3. The van der Waals surface area contributed by atoms with Crippen molar-refractivity contribution in [3.8, 4) is 0 Å². The van der Waals surface area contributed by atoms with E-state index in [4.69, 9.17) is 4.42 Å². The first-order valence-electron chi connectivity index (χ1n) is 8.23. The third kappa shape index (κ3) is 3.22. The maximum atomic E-state index is 12.8. The molecular weight excluding hydrogens is 322 g/mol. The Morgan fingerprint density at radius 2 is 1.64 bits per heavy atom. The first kappa shape index (κ1) is 17.0. The number of benzene rings is 1. The highest BCUT2D eigenvalue weighted by Gasteiger charge is 2.27. The van der Waals surface area contributed by atoms with Crippen molar-refractivity contribution in [1.82, 2.24) is 4.90 Å². The molecule has 0 N–H and O–H groups in total. The second-order valence-electron chi connectivity index (χ2n) is 6.27. The Hall–Kier alpha value is -2.83. The van der Waals surface area contributed by atoms with Crippen LogP contribution in [-0.2, 0) is 0 Å². The van der Waals surface area contributed by atoms with E-state index in [1.165, 1.54) is 12.1 Å². The summed E-state index contributed by atoms with van der Waals surface area (Å²) in [5.74, 6) is 1.46. The molecule has 0 spiro atoms. The van der Waals surface area contributed by atoms with Crippen LogP contribution in [-0.4, -0.2) is 41.9 Å². The third-order valence-electron chi connectivity index (χ3n) is 4.77. The molecular formula is C18H21N3O4. The van der Waals surface area contributed by atoms with Crippen LogP contribution in [0.3, 0.4) is 0 Å². The maximum Gasteiger partial charge on any atom is 0.269 e. The van der Waals surface area contributed by atoms with Crippen LogP contribution in [0.2, 0.25) is 0 Å². The number of anilines is 1. The number of amides is 1. The highest BCUT2D eigenvalue weighted by Crippen LogP contribution is 2.24. The molecule has 1 fully saturated rings. The summed E-state index contributed by atoms with van der Waals surface area (Å²) >= 11 is 0. The van der Waals surface area contributed by atoms with Gasteiger partial charge >= 0.3 is 0 Å². The minimum absolute atomic E-state index is 0.00944. The topological polar surface area (TPSA) is 79.8 Å². The van der Waals surface area contributed by atoms with Crippen molar-refractivity contribution in [2.24, 2.45) is 0 Å². The maximum absolute atomic E-state index is 12.8. The quantitative estimate of drug-likeness (QED) is 0.632. The zero-order chi connectivity index (χ0) is 18.1. The average Bonchev–Trinajstić information content (AvgIpc) is 2.87. The summed E-state index contributed by atoms with van der Waals surface area (Å²) in [5, 5.41) is 10.7. The molecule has 1 aliphatic heterocycles. The average molecular weight is 343 g/mol. The highest BCUT2D eigenvalue weighted by atomic mass is 16.6. The van der Waals surface area contributed by atoms with Crippen molar-refractivity contribution in [2.75, 3.05) is 31.1 Å². The largest absolute Gasteiger partial charge is 0.466 e. The molecule has 3 rings (SSSR count). The number of nitrogens with zero attached hydrogens (tertiary/aromatic N) is 3. The Morgan fingerprint density at radius 3 is 2.12 bits per heavy atom. The van der Waals surface area contributed by atoms with Crippen LogP contribution in [0.1, 0.15) is 27.4 Å². The number of nitro benzene ring substituents is 1. The van der Waals surface area contributed by atoms with Gasteiger partial charge in [-0.25, -0.2) is 0 Å². The van der Waals surface area contributed by atoms with Crippen LogP contribution in [0.5, 0.6) is 0 Å². The molecule has 2 aromatic rings. The van der Waals surface area contributed by atoms with Crippen molar-refractivity contribution in [1.29, 1.82) is 0 Å². The molecule has 1 amide bonds. The van der Waals surface area contributed by atoms with Crippen LogP contribution in [0.15, 0.2) is 28.7 Å². The monoisotopic (exact) mass is 343 g/mol. The molecule has 1 aromatic heterocycles. The van der Waals surface area contributed by atoms with Gasteiger partial charge in [0.05, 0.1) is 10.5 Å². The molecule has 0 saturated carbocycles. The Labute approximate surface area is 146 Å². The van der Waals surface area contributed by atoms with E-state index >= 15 is 0 Å². The number of piperazine rings is 1. The summed E-state index contributed by atoms with van der Waals surface area (Å²) in [6, 6.07) is 6.52. The Bertz CT molecular complexity index is 802. The zero-order valence-corrected chi connectivity index (χ0v) is 14.6. The summed E-state index contributed by atoms with van der Waals surface area (Å²) in [7, 11) is 0. The fraction of sp³-hybridized carbons (Fsp3) is 0.389. The third-order valence-corrected chi connectivity index (χ3v) is 4.77. The molecule has 1 aromatic carbocycles. The van der Waals surface area contributed by atoms with Crippen molar-refractivity contribution < 1.29 is 14.1 Å². The van der Waals surface area contributed by atoms with Gasteiger partial charge in [0.25, 0.3) is 11.6 Å². The van der Waals surface area contributed by atoms with Crippen molar-refractivity contribution in [2.45, 2.75) is 20.8 Å². The van der Waals surface area contributed by atoms with Gasteiger partial charge in [0.15, 0.2) is 0 Å². The van der Waals surface area contributed by atoms with Gasteiger partial charge in [0, 0.05) is 49.6 Å². The number of furan rings is 1. The Kier molecular flexibility index (Phi) is 4.48. The van der Waals surface area contributed by atoms with Crippen LogP contribution in [0.25, 0.3) is 0 Å². The zero-order valence-electron chi connectivity index (χ0n) is 14.6. The second kappa shape index (κ2) is 6.58. The minimum atomic E-state index is -0.405. The molecule has 0 atom stereocenters. The molecule has 7 heteroatoms. The van der Waals surface area contributed by atoms with Gasteiger partial charge in [0.1, 0.15) is 11.5 Å². The molecule has 0 radical (unpaired) electrons. The molecule has 0 aliphatic carbocycles. The standard InChI is InChI=1S/C18H21N3O4/c1-12-13(2)25-14(3)17(12)18(22)20-10-8-19(9-11-20)15-4-6-16(7-5-15)21(23)24/h4-7H,8-11H2,1-3H3. The molecule has 1 saturated heterocycles. The van der Waals surface area contributed by atoms with Gasteiger partial charge in [-0.05, 0) is 32.9 Å². The van der Waals surface area contributed by atoms with Crippen molar-refractivity contribution in [3.63, 3.8) is 0 Å². The molecule has 0 bridgehead atoms. The number of hydrogen-bond donors (Lipinski definition) is 0. The molecule has 0 unspecified atom stereocenters. The van der Waals surface area contributed by atoms with Crippen molar-refractivity contribution in [3.05, 3.63) is 57.0 Å². The lowest BCUT2D eigenvalue weighted by molar-refractivity contribution is -0.384. The second-order valence-corrected chi connectivity index (χ2v) is 6.27. The van der Waals surface area contributed by atoms with E-state index in [9.17, 15) is 14.9 Å². The lowest BCUT2D eigenvalue weighted by Crippen LogP contribution is -2.49. The van der Waals surface area contributed by atoms with E-state index in [1.807, 2.05) is 25.7 Å². The molecule has 132 valence electrons. The summed E-state index contributed by atoms with van der Waals surface area (Å²) in [6.07, 6.45) is 0. The molecule has 7 nitrogen and oxygen atoms in total. The normalized spacial score (nSPS) is 14.7. The van der Waals surface area contributed by atoms with Gasteiger partial charge in [-0.3, -0.25) is 14.9 Å². The highest BCUT2D eigenvalue weighted by molar-refractivity contribution is 5.97. The van der Waals surface area contributed by atoms with E-state index in [0.717, 1.165) is 17.0 Å². The van der Waals surface area contributed by atoms with Crippen LogP contribution >= 0.6 is 0 Å². The van der Waals surface area contributed by atoms with E-state index in [0.29, 0.717) is 37.5 Å². The lowest BCUT2D eigenvalue weighted by Gasteiger charge is -2.36. The first-order valence-corrected chi connectivity index (χ1v) is 8.23. The molecule has 25 heavy (non-hydrogen) atoms. The van der Waals surface area contributed by atoms with Crippen LogP contribution in [0, 0.1) is 30.9 Å². The summed E-state index contributed by atoms with van der Waals surface area (Å²) in [4.78, 5) is 27.1. The fourth-order valence-electron chi connectivity index (χ4n) is 3.22. The molecule has 1 aliphatic rings.